The molecule has 2 aromatic rings. The Labute approximate surface area is 170 Å². The Balaban J connectivity index is 1.56. The summed E-state index contributed by atoms with van der Waals surface area (Å²) in [6.07, 6.45) is 7.80. The first-order chi connectivity index (χ1) is 13.4. The van der Waals surface area contributed by atoms with Gasteiger partial charge >= 0.3 is 0 Å². The predicted octanol–water partition coefficient (Wildman–Crippen LogP) is 7.49. The lowest BCUT2D eigenvalue weighted by Gasteiger charge is -2.29. The Morgan fingerprint density at radius 2 is 1.82 bits per heavy atom. The molecule has 0 bridgehead atoms. The van der Waals surface area contributed by atoms with Crippen molar-refractivity contribution in [1.29, 1.82) is 0 Å². The first-order valence-electron chi connectivity index (χ1n) is 10.3. The summed E-state index contributed by atoms with van der Waals surface area (Å²) in [5, 5.41) is 0. The highest BCUT2D eigenvalue weighted by Gasteiger charge is 2.34. The van der Waals surface area contributed by atoms with Gasteiger partial charge in [0, 0.05) is 5.41 Å². The maximum absolute atomic E-state index is 4.45. The normalized spacial score (nSPS) is 21.4. The molecule has 1 unspecified atom stereocenters. The monoisotopic (exact) mass is 366 g/mol. The van der Waals surface area contributed by atoms with E-state index in [0.29, 0.717) is 0 Å². The van der Waals surface area contributed by atoms with Crippen LogP contribution in [0.2, 0.25) is 0 Å². The summed E-state index contributed by atoms with van der Waals surface area (Å²) in [5.74, 6) is 0. The van der Waals surface area contributed by atoms with Crippen molar-refractivity contribution in [3.8, 4) is 0 Å². The summed E-state index contributed by atoms with van der Waals surface area (Å²) in [6.45, 7) is 17.6. The summed E-state index contributed by atoms with van der Waals surface area (Å²) in [7, 11) is 0. The largest absolute Gasteiger partial charge is 0.0990 e. The molecule has 1 fully saturated rings. The molecule has 0 spiro atoms. The van der Waals surface area contributed by atoms with Crippen molar-refractivity contribution in [2.24, 2.45) is 5.41 Å². The molecule has 4 rings (SSSR count). The van der Waals surface area contributed by atoms with Gasteiger partial charge in [0.25, 0.3) is 0 Å². The molecule has 0 heterocycles. The highest BCUT2D eigenvalue weighted by Crippen LogP contribution is 2.47. The van der Waals surface area contributed by atoms with E-state index in [1.807, 2.05) is 0 Å². The molecule has 1 atom stereocenters. The summed E-state index contributed by atoms with van der Waals surface area (Å²) in [6, 6.07) is 15.6. The van der Waals surface area contributed by atoms with Crippen molar-refractivity contribution in [3.05, 3.63) is 107 Å². The quantitative estimate of drug-likeness (QED) is 0.492. The molecule has 2 aliphatic rings. The topological polar surface area (TPSA) is 0 Å². The first kappa shape index (κ1) is 18.7. The summed E-state index contributed by atoms with van der Waals surface area (Å²) < 4.78 is 0. The molecule has 0 radical (unpaired) electrons. The van der Waals surface area contributed by atoms with Crippen molar-refractivity contribution < 1.29 is 0 Å². The second kappa shape index (κ2) is 7.09. The van der Waals surface area contributed by atoms with Crippen LogP contribution >= 0.6 is 0 Å². The molecular formula is C28H30. The van der Waals surface area contributed by atoms with E-state index >= 15 is 0 Å². The Morgan fingerprint density at radius 1 is 1.07 bits per heavy atom. The zero-order chi connectivity index (χ0) is 19.9. The average Bonchev–Trinajstić information content (AvgIpc) is 3.03. The molecule has 0 aromatic heterocycles. The van der Waals surface area contributed by atoms with E-state index in [4.69, 9.17) is 0 Å². The minimum absolute atomic E-state index is 0.109. The van der Waals surface area contributed by atoms with Crippen molar-refractivity contribution in [2.45, 2.75) is 46.0 Å². The molecular weight excluding hydrogens is 336 g/mol. The van der Waals surface area contributed by atoms with Gasteiger partial charge in [0.2, 0.25) is 0 Å². The van der Waals surface area contributed by atoms with Gasteiger partial charge in [0.15, 0.2) is 0 Å². The van der Waals surface area contributed by atoms with Crippen molar-refractivity contribution in [3.63, 3.8) is 0 Å². The average molecular weight is 367 g/mol. The van der Waals surface area contributed by atoms with E-state index in [2.05, 4.69) is 82.1 Å². The van der Waals surface area contributed by atoms with Crippen LogP contribution in [0.15, 0.2) is 79.4 Å². The standard InChI is InChI=1S/C28H30/c1-19-8-11-24(12-9-19)26-15-13-25-18-23(10-14-27(25)22(26)4)17-21(3)28(5)16-6-7-20(28)2/h8-12,14-15,18H,2-4,6-7,13,16-17H2,1,5H3. The van der Waals surface area contributed by atoms with Crippen LogP contribution in [0.3, 0.4) is 0 Å². The number of rotatable bonds is 4. The molecule has 1 saturated carbocycles. The first-order valence-corrected chi connectivity index (χ1v) is 10.3. The zero-order valence-electron chi connectivity index (χ0n) is 17.3. The van der Waals surface area contributed by atoms with E-state index < -0.39 is 0 Å². The highest BCUT2D eigenvalue weighted by molar-refractivity contribution is 6.06. The number of allylic oxidation sites excluding steroid dienone is 5. The van der Waals surface area contributed by atoms with Crippen LogP contribution < -0.4 is 0 Å². The minimum atomic E-state index is 0.109. The summed E-state index contributed by atoms with van der Waals surface area (Å²) in [4.78, 5) is 0. The predicted molar refractivity (Wildman–Crippen MR) is 122 cm³/mol. The fourth-order valence-electron chi connectivity index (χ4n) is 4.70. The fourth-order valence-corrected chi connectivity index (χ4v) is 4.70. The third kappa shape index (κ3) is 3.22. The van der Waals surface area contributed by atoms with Gasteiger partial charge in [0.1, 0.15) is 0 Å². The molecule has 142 valence electrons. The molecule has 0 heteroatoms. The van der Waals surface area contributed by atoms with Crippen LogP contribution in [0.25, 0.3) is 11.1 Å². The molecule has 2 aromatic carbocycles. The lowest BCUT2D eigenvalue weighted by atomic mass is 9.75. The molecule has 0 amide bonds. The number of aryl methyl sites for hydroxylation is 1. The van der Waals surface area contributed by atoms with Gasteiger partial charge in [0.05, 0.1) is 0 Å². The van der Waals surface area contributed by atoms with Gasteiger partial charge in [-0.3, -0.25) is 0 Å². The maximum Gasteiger partial charge on any atom is 0.00903 e. The van der Waals surface area contributed by atoms with Crippen LogP contribution in [0.1, 0.15) is 54.0 Å². The Kier molecular flexibility index (Phi) is 4.75. The van der Waals surface area contributed by atoms with Gasteiger partial charge in [-0.05, 0) is 72.4 Å². The Morgan fingerprint density at radius 3 is 2.50 bits per heavy atom. The summed E-state index contributed by atoms with van der Waals surface area (Å²) in [5.41, 5.74) is 11.7. The summed E-state index contributed by atoms with van der Waals surface area (Å²) >= 11 is 0. The SMILES string of the molecule is C=C1C(c2ccc(C)cc2)=CCc2cc(CC(=C)C3(C)CCCC3=C)ccc21. The lowest BCUT2D eigenvalue weighted by molar-refractivity contribution is 0.486. The highest BCUT2D eigenvalue weighted by atomic mass is 14.4. The lowest BCUT2D eigenvalue weighted by Crippen LogP contribution is -2.17. The van der Waals surface area contributed by atoms with Gasteiger partial charge < -0.3 is 0 Å². The molecule has 28 heavy (non-hydrogen) atoms. The number of benzene rings is 2. The Bertz CT molecular complexity index is 997. The minimum Gasteiger partial charge on any atom is -0.0990 e. The molecule has 2 aliphatic carbocycles. The van der Waals surface area contributed by atoms with Crippen LogP contribution in [-0.2, 0) is 12.8 Å². The van der Waals surface area contributed by atoms with E-state index in [-0.39, 0.29) is 5.41 Å². The molecule has 0 nitrogen and oxygen atoms in total. The zero-order valence-corrected chi connectivity index (χ0v) is 17.3. The van der Waals surface area contributed by atoms with Gasteiger partial charge in [-0.1, -0.05) is 91.9 Å². The fraction of sp³-hybridized carbons (Fsp3) is 0.286. The van der Waals surface area contributed by atoms with Crippen molar-refractivity contribution >= 4 is 11.1 Å². The molecule has 0 aliphatic heterocycles. The molecule has 0 saturated heterocycles. The van der Waals surface area contributed by atoms with E-state index in [9.17, 15) is 0 Å². The van der Waals surface area contributed by atoms with Gasteiger partial charge in [-0.25, -0.2) is 0 Å². The van der Waals surface area contributed by atoms with E-state index in [1.165, 1.54) is 57.4 Å². The second-order valence-electron chi connectivity index (χ2n) is 8.73. The number of fused-ring (bicyclic) bond motifs is 1. The second-order valence-corrected chi connectivity index (χ2v) is 8.73. The van der Waals surface area contributed by atoms with E-state index in [1.54, 1.807) is 0 Å². The smallest absolute Gasteiger partial charge is 0.00903 e. The van der Waals surface area contributed by atoms with Crippen molar-refractivity contribution in [1.82, 2.24) is 0 Å². The van der Waals surface area contributed by atoms with Gasteiger partial charge in [-0.15, -0.1) is 0 Å². The molecule has 0 N–H and O–H groups in total. The van der Waals surface area contributed by atoms with Crippen LogP contribution in [-0.4, -0.2) is 0 Å². The van der Waals surface area contributed by atoms with Crippen LogP contribution in [0.4, 0.5) is 0 Å². The van der Waals surface area contributed by atoms with Crippen LogP contribution in [0, 0.1) is 12.3 Å². The maximum atomic E-state index is 4.45. The third-order valence-electron chi connectivity index (χ3n) is 6.84. The van der Waals surface area contributed by atoms with E-state index in [0.717, 1.165) is 24.8 Å². The number of hydrogen-bond donors (Lipinski definition) is 0. The van der Waals surface area contributed by atoms with Gasteiger partial charge in [-0.2, -0.15) is 0 Å². The number of hydrogen-bond acceptors (Lipinski definition) is 0. The van der Waals surface area contributed by atoms with Crippen LogP contribution in [0.5, 0.6) is 0 Å². The third-order valence-corrected chi connectivity index (χ3v) is 6.84. The van der Waals surface area contributed by atoms with Crippen molar-refractivity contribution in [2.75, 3.05) is 0 Å². The Hall–Kier alpha value is -2.60.